The maximum Gasteiger partial charge on any atom is 0.335 e. The van der Waals surface area contributed by atoms with E-state index in [4.69, 9.17) is 4.74 Å². The van der Waals surface area contributed by atoms with Gasteiger partial charge in [0.1, 0.15) is 0 Å². The van der Waals surface area contributed by atoms with Gasteiger partial charge in [-0.3, -0.25) is 0 Å². The predicted octanol–water partition coefficient (Wildman–Crippen LogP) is 3.37. The number of rotatable bonds is 5. The summed E-state index contributed by atoms with van der Waals surface area (Å²) in [5.41, 5.74) is 1.34. The average molecular weight is 298 g/mol. The Hall–Kier alpha value is -1.29. The average Bonchev–Trinajstić information content (AvgIpc) is 2.31. The van der Waals surface area contributed by atoms with Crippen molar-refractivity contribution in [2.75, 3.05) is 11.9 Å². The highest BCUT2D eigenvalue weighted by molar-refractivity contribution is 9.10. The Morgan fingerprint density at radius 2 is 2.18 bits per heavy atom. The maximum absolute atomic E-state index is 11.5. The van der Waals surface area contributed by atoms with E-state index in [1.807, 2.05) is 31.2 Å². The molecule has 0 aliphatic rings. The van der Waals surface area contributed by atoms with Crippen LogP contribution < -0.4 is 5.32 Å². The largest absolute Gasteiger partial charge is 0.463 e. The molecule has 1 rings (SSSR count). The summed E-state index contributed by atoms with van der Waals surface area (Å²) < 4.78 is 5.85. The standard InChI is InChI=1S/C13H16BrNO2/c1-4-17-13(16)9(2)10(3)15-12-8-6-5-7-11(12)14/h5-8,10,15H,2,4H2,1,3H3. The van der Waals surface area contributed by atoms with E-state index in [0.29, 0.717) is 12.2 Å². The number of halogens is 1. The van der Waals surface area contributed by atoms with Gasteiger partial charge < -0.3 is 10.1 Å². The van der Waals surface area contributed by atoms with Crippen LogP contribution in [0.25, 0.3) is 0 Å². The fourth-order valence-corrected chi connectivity index (χ4v) is 1.70. The molecule has 1 N–H and O–H groups in total. The number of hydrogen-bond acceptors (Lipinski definition) is 3. The quantitative estimate of drug-likeness (QED) is 0.669. The number of ether oxygens (including phenoxy) is 1. The SMILES string of the molecule is C=C(C(=O)OCC)C(C)Nc1ccccc1Br. The molecule has 0 heterocycles. The van der Waals surface area contributed by atoms with Gasteiger partial charge in [0.25, 0.3) is 0 Å². The molecule has 0 amide bonds. The van der Waals surface area contributed by atoms with Crippen LogP contribution in [-0.4, -0.2) is 18.6 Å². The van der Waals surface area contributed by atoms with Gasteiger partial charge in [-0.1, -0.05) is 18.7 Å². The lowest BCUT2D eigenvalue weighted by molar-refractivity contribution is -0.138. The number of carbonyl (C=O) groups excluding carboxylic acids is 1. The second kappa shape index (κ2) is 6.45. The highest BCUT2D eigenvalue weighted by Gasteiger charge is 2.16. The second-order valence-electron chi connectivity index (χ2n) is 3.59. The molecule has 0 aliphatic carbocycles. The Labute approximate surface area is 110 Å². The maximum atomic E-state index is 11.5. The van der Waals surface area contributed by atoms with E-state index in [1.165, 1.54) is 0 Å². The summed E-state index contributed by atoms with van der Waals surface area (Å²) in [4.78, 5) is 11.5. The lowest BCUT2D eigenvalue weighted by Gasteiger charge is -2.17. The zero-order valence-corrected chi connectivity index (χ0v) is 11.6. The van der Waals surface area contributed by atoms with Crippen molar-refractivity contribution in [3.05, 3.63) is 40.9 Å². The smallest absolute Gasteiger partial charge is 0.335 e. The number of hydrogen-bond donors (Lipinski definition) is 1. The van der Waals surface area contributed by atoms with Gasteiger partial charge in [0.05, 0.1) is 18.2 Å². The molecule has 0 aliphatic heterocycles. The van der Waals surface area contributed by atoms with E-state index in [-0.39, 0.29) is 12.0 Å². The number of carbonyl (C=O) groups is 1. The van der Waals surface area contributed by atoms with Crippen LogP contribution in [0.1, 0.15) is 13.8 Å². The van der Waals surface area contributed by atoms with Crippen LogP contribution in [0.2, 0.25) is 0 Å². The van der Waals surface area contributed by atoms with Gasteiger partial charge in [0.15, 0.2) is 0 Å². The number of nitrogens with one attached hydrogen (secondary N) is 1. The molecule has 0 saturated heterocycles. The Kier molecular flexibility index (Phi) is 5.22. The Balaban J connectivity index is 2.66. The summed E-state index contributed by atoms with van der Waals surface area (Å²) in [6.07, 6.45) is 0. The van der Waals surface area contributed by atoms with Crippen LogP contribution >= 0.6 is 15.9 Å². The Morgan fingerprint density at radius 3 is 2.76 bits per heavy atom. The van der Waals surface area contributed by atoms with Gasteiger partial charge in [0.2, 0.25) is 0 Å². The molecule has 0 bridgehead atoms. The van der Waals surface area contributed by atoms with Crippen molar-refractivity contribution < 1.29 is 9.53 Å². The molecule has 3 nitrogen and oxygen atoms in total. The van der Waals surface area contributed by atoms with Gasteiger partial charge in [0, 0.05) is 10.2 Å². The Bertz CT molecular complexity index is 418. The number of benzene rings is 1. The summed E-state index contributed by atoms with van der Waals surface area (Å²) in [6, 6.07) is 7.54. The zero-order chi connectivity index (χ0) is 12.8. The third-order valence-corrected chi connectivity index (χ3v) is 3.00. The predicted molar refractivity (Wildman–Crippen MR) is 73.0 cm³/mol. The molecule has 1 aromatic carbocycles. The van der Waals surface area contributed by atoms with Crippen molar-refractivity contribution >= 4 is 27.6 Å². The van der Waals surface area contributed by atoms with Crippen molar-refractivity contribution in [2.45, 2.75) is 19.9 Å². The molecule has 1 aromatic rings. The molecule has 0 spiro atoms. The topological polar surface area (TPSA) is 38.3 Å². The van der Waals surface area contributed by atoms with E-state index < -0.39 is 0 Å². The fourth-order valence-electron chi connectivity index (χ4n) is 1.30. The van der Waals surface area contributed by atoms with Gasteiger partial charge in [-0.2, -0.15) is 0 Å². The van der Waals surface area contributed by atoms with E-state index >= 15 is 0 Å². The molecular weight excluding hydrogens is 282 g/mol. The van der Waals surface area contributed by atoms with Gasteiger partial charge in [-0.05, 0) is 41.9 Å². The van der Waals surface area contributed by atoms with Crippen LogP contribution in [0.15, 0.2) is 40.9 Å². The summed E-state index contributed by atoms with van der Waals surface area (Å²) in [5, 5.41) is 3.20. The summed E-state index contributed by atoms with van der Waals surface area (Å²) in [7, 11) is 0. The summed E-state index contributed by atoms with van der Waals surface area (Å²) in [6.45, 7) is 7.76. The summed E-state index contributed by atoms with van der Waals surface area (Å²) in [5.74, 6) is -0.362. The van der Waals surface area contributed by atoms with Crippen molar-refractivity contribution in [3.63, 3.8) is 0 Å². The van der Waals surface area contributed by atoms with Crippen LogP contribution in [0.4, 0.5) is 5.69 Å². The fraction of sp³-hybridized carbons (Fsp3) is 0.308. The molecule has 17 heavy (non-hydrogen) atoms. The van der Waals surface area contributed by atoms with Crippen molar-refractivity contribution in [1.29, 1.82) is 0 Å². The second-order valence-corrected chi connectivity index (χ2v) is 4.45. The first-order valence-electron chi connectivity index (χ1n) is 5.43. The van der Waals surface area contributed by atoms with Crippen LogP contribution in [-0.2, 0) is 9.53 Å². The van der Waals surface area contributed by atoms with Crippen LogP contribution in [0.3, 0.4) is 0 Å². The normalized spacial score (nSPS) is 11.7. The highest BCUT2D eigenvalue weighted by Crippen LogP contribution is 2.23. The van der Waals surface area contributed by atoms with E-state index in [1.54, 1.807) is 6.92 Å². The molecule has 4 heteroatoms. The van der Waals surface area contributed by atoms with Crippen molar-refractivity contribution in [2.24, 2.45) is 0 Å². The lowest BCUT2D eigenvalue weighted by atomic mass is 10.1. The van der Waals surface area contributed by atoms with E-state index in [9.17, 15) is 4.79 Å². The minimum atomic E-state index is -0.362. The molecule has 1 unspecified atom stereocenters. The zero-order valence-electron chi connectivity index (χ0n) is 10.00. The minimum absolute atomic E-state index is 0.173. The number of anilines is 1. The molecule has 0 radical (unpaired) electrons. The van der Waals surface area contributed by atoms with E-state index in [0.717, 1.165) is 10.2 Å². The van der Waals surface area contributed by atoms with Gasteiger partial charge in [-0.25, -0.2) is 4.79 Å². The third-order valence-electron chi connectivity index (χ3n) is 2.31. The van der Waals surface area contributed by atoms with Gasteiger partial charge in [-0.15, -0.1) is 0 Å². The minimum Gasteiger partial charge on any atom is -0.463 e. The molecule has 0 fully saturated rings. The van der Waals surface area contributed by atoms with Crippen LogP contribution in [0.5, 0.6) is 0 Å². The van der Waals surface area contributed by atoms with Crippen molar-refractivity contribution in [1.82, 2.24) is 0 Å². The van der Waals surface area contributed by atoms with Crippen molar-refractivity contribution in [3.8, 4) is 0 Å². The van der Waals surface area contributed by atoms with Crippen LogP contribution in [0, 0.1) is 0 Å². The monoisotopic (exact) mass is 297 g/mol. The molecule has 92 valence electrons. The number of para-hydroxylation sites is 1. The Morgan fingerprint density at radius 1 is 1.53 bits per heavy atom. The van der Waals surface area contributed by atoms with E-state index in [2.05, 4.69) is 27.8 Å². The lowest BCUT2D eigenvalue weighted by Crippen LogP contribution is -2.24. The molecule has 1 atom stereocenters. The first kappa shape index (κ1) is 13.8. The molecular formula is C13H16BrNO2. The first-order valence-corrected chi connectivity index (χ1v) is 6.22. The first-order chi connectivity index (χ1) is 8.06. The molecule has 0 aromatic heterocycles. The van der Waals surface area contributed by atoms with Gasteiger partial charge >= 0.3 is 5.97 Å². The summed E-state index contributed by atoms with van der Waals surface area (Å²) >= 11 is 3.43. The number of esters is 1. The highest BCUT2D eigenvalue weighted by atomic mass is 79.9. The molecule has 0 saturated carbocycles. The third kappa shape index (κ3) is 3.89.